The third-order valence-electron chi connectivity index (χ3n) is 2.83. The molecule has 0 atom stereocenters. The van der Waals surface area contributed by atoms with E-state index in [0.717, 1.165) is 6.07 Å². The first-order chi connectivity index (χ1) is 10.9. The maximum atomic E-state index is 13.1. The lowest BCUT2D eigenvalue weighted by Gasteiger charge is -2.05. The van der Waals surface area contributed by atoms with Gasteiger partial charge in [-0.3, -0.25) is 4.79 Å². The Kier molecular flexibility index (Phi) is 5.22. The monoisotopic (exact) mass is 350 g/mol. The van der Waals surface area contributed by atoms with E-state index in [4.69, 9.17) is 28.5 Å². The molecule has 0 aliphatic carbocycles. The van der Waals surface area contributed by atoms with Crippen molar-refractivity contribution in [3.05, 3.63) is 63.4 Å². The van der Waals surface area contributed by atoms with Gasteiger partial charge in [0.15, 0.2) is 0 Å². The largest absolute Gasteiger partial charge is 0.506 e. The van der Waals surface area contributed by atoms with Gasteiger partial charge in [-0.15, -0.1) is 0 Å². The summed E-state index contributed by atoms with van der Waals surface area (Å²) < 4.78 is 13.1. The summed E-state index contributed by atoms with van der Waals surface area (Å²) in [5, 5.41) is 20.9. The maximum Gasteiger partial charge on any atom is 0.266 e. The Morgan fingerprint density at radius 1 is 1.22 bits per heavy atom. The van der Waals surface area contributed by atoms with Gasteiger partial charge in [0.25, 0.3) is 5.91 Å². The number of hydrogen-bond acceptors (Lipinski definition) is 3. The standard InChI is InChI=1S/C16H9Cl2FN2O2/c17-12-7-11(2-3-14(12)19)21-16(23)10(8-20)5-9-1-4-15(22)13(18)6-9/h1-7,22H,(H,21,23)/b10-5-. The zero-order valence-corrected chi connectivity index (χ0v) is 13.0. The fourth-order valence-corrected chi connectivity index (χ4v) is 2.07. The van der Waals surface area contributed by atoms with Crippen molar-refractivity contribution in [3.63, 3.8) is 0 Å². The zero-order valence-electron chi connectivity index (χ0n) is 11.5. The maximum absolute atomic E-state index is 13.1. The Morgan fingerprint density at radius 3 is 2.57 bits per heavy atom. The Bertz CT molecular complexity index is 844. The van der Waals surface area contributed by atoms with Gasteiger partial charge in [-0.2, -0.15) is 5.26 Å². The van der Waals surface area contributed by atoms with Gasteiger partial charge in [-0.25, -0.2) is 4.39 Å². The van der Waals surface area contributed by atoms with Gasteiger partial charge in [0.2, 0.25) is 0 Å². The fraction of sp³-hybridized carbons (Fsp3) is 0. The van der Waals surface area contributed by atoms with Crippen molar-refractivity contribution in [3.8, 4) is 11.8 Å². The summed E-state index contributed by atoms with van der Waals surface area (Å²) in [4.78, 5) is 12.1. The minimum absolute atomic E-state index is 0.0989. The van der Waals surface area contributed by atoms with Gasteiger partial charge in [0.05, 0.1) is 10.0 Å². The molecule has 7 heteroatoms. The van der Waals surface area contributed by atoms with Crippen LogP contribution in [0.2, 0.25) is 10.0 Å². The number of anilines is 1. The van der Waals surface area contributed by atoms with Crippen molar-refractivity contribution in [2.75, 3.05) is 5.32 Å². The van der Waals surface area contributed by atoms with Crippen LogP contribution < -0.4 is 5.32 Å². The second-order valence-corrected chi connectivity index (χ2v) is 5.28. The summed E-state index contributed by atoms with van der Waals surface area (Å²) in [7, 11) is 0. The number of nitriles is 1. The highest BCUT2D eigenvalue weighted by Gasteiger charge is 2.11. The molecule has 23 heavy (non-hydrogen) atoms. The van der Waals surface area contributed by atoms with Crippen LogP contribution in [0.5, 0.6) is 5.75 Å². The molecular formula is C16H9Cl2FN2O2. The average Bonchev–Trinajstić information content (AvgIpc) is 2.52. The lowest BCUT2D eigenvalue weighted by molar-refractivity contribution is -0.112. The number of carbonyl (C=O) groups is 1. The summed E-state index contributed by atoms with van der Waals surface area (Å²) in [5.74, 6) is -1.40. The third-order valence-corrected chi connectivity index (χ3v) is 3.42. The normalized spacial score (nSPS) is 11.0. The van der Waals surface area contributed by atoms with Crippen molar-refractivity contribution in [1.29, 1.82) is 5.26 Å². The summed E-state index contributed by atoms with van der Waals surface area (Å²) in [6.45, 7) is 0. The molecule has 2 N–H and O–H groups in total. The molecule has 0 radical (unpaired) electrons. The van der Waals surface area contributed by atoms with E-state index in [1.165, 1.54) is 36.4 Å². The van der Waals surface area contributed by atoms with Crippen molar-refractivity contribution >= 4 is 40.9 Å². The van der Waals surface area contributed by atoms with Gasteiger partial charge in [0, 0.05) is 5.69 Å². The van der Waals surface area contributed by atoms with Gasteiger partial charge >= 0.3 is 0 Å². The first-order valence-electron chi connectivity index (χ1n) is 6.27. The molecule has 0 bridgehead atoms. The topological polar surface area (TPSA) is 73.1 Å². The molecule has 2 aromatic rings. The van der Waals surface area contributed by atoms with E-state index in [0.29, 0.717) is 5.56 Å². The Balaban J connectivity index is 2.24. The highest BCUT2D eigenvalue weighted by atomic mass is 35.5. The van der Waals surface area contributed by atoms with Crippen molar-refractivity contribution in [1.82, 2.24) is 0 Å². The second-order valence-electron chi connectivity index (χ2n) is 4.46. The molecule has 0 spiro atoms. The minimum Gasteiger partial charge on any atom is -0.506 e. The predicted octanol–water partition coefficient (Wildman–Crippen LogP) is 4.38. The molecule has 0 heterocycles. The molecule has 0 saturated carbocycles. The number of amides is 1. The number of aromatic hydroxyl groups is 1. The van der Waals surface area contributed by atoms with Crippen LogP contribution in [0.25, 0.3) is 6.08 Å². The van der Waals surface area contributed by atoms with Crippen LogP contribution in [0.15, 0.2) is 42.0 Å². The number of hydrogen-bond donors (Lipinski definition) is 2. The molecular weight excluding hydrogens is 342 g/mol. The Morgan fingerprint density at radius 2 is 1.96 bits per heavy atom. The Hall–Kier alpha value is -2.55. The zero-order chi connectivity index (χ0) is 17.0. The number of halogens is 3. The van der Waals surface area contributed by atoms with Gasteiger partial charge in [0.1, 0.15) is 23.2 Å². The van der Waals surface area contributed by atoms with E-state index >= 15 is 0 Å². The lowest BCUT2D eigenvalue weighted by Crippen LogP contribution is -2.13. The number of nitrogens with zero attached hydrogens (tertiary/aromatic N) is 1. The number of nitrogens with one attached hydrogen (secondary N) is 1. The van der Waals surface area contributed by atoms with Crippen LogP contribution in [0.3, 0.4) is 0 Å². The van der Waals surface area contributed by atoms with E-state index in [-0.39, 0.29) is 27.1 Å². The number of rotatable bonds is 3. The van der Waals surface area contributed by atoms with Crippen molar-refractivity contribution in [2.45, 2.75) is 0 Å². The highest BCUT2D eigenvalue weighted by molar-refractivity contribution is 6.32. The molecule has 0 aliphatic rings. The molecule has 0 aromatic heterocycles. The quantitative estimate of drug-likeness (QED) is 0.637. The number of phenols is 1. The fourth-order valence-electron chi connectivity index (χ4n) is 1.70. The van der Waals surface area contributed by atoms with Gasteiger partial charge in [-0.1, -0.05) is 29.3 Å². The lowest BCUT2D eigenvalue weighted by atomic mass is 10.1. The van der Waals surface area contributed by atoms with Crippen LogP contribution in [0, 0.1) is 17.1 Å². The van der Waals surface area contributed by atoms with E-state index in [1.54, 1.807) is 6.07 Å². The first-order valence-corrected chi connectivity index (χ1v) is 7.03. The van der Waals surface area contributed by atoms with E-state index in [9.17, 15) is 14.3 Å². The van der Waals surface area contributed by atoms with Gasteiger partial charge < -0.3 is 10.4 Å². The molecule has 1 amide bonds. The molecule has 0 fully saturated rings. The van der Waals surface area contributed by atoms with Gasteiger partial charge in [-0.05, 0) is 42.0 Å². The van der Waals surface area contributed by atoms with Crippen molar-refractivity contribution < 1.29 is 14.3 Å². The second kappa shape index (κ2) is 7.14. The van der Waals surface area contributed by atoms with E-state index < -0.39 is 11.7 Å². The first kappa shape index (κ1) is 16.8. The SMILES string of the molecule is N#C/C(=C/c1ccc(O)c(Cl)c1)C(=O)Nc1ccc(F)c(Cl)c1. The van der Waals surface area contributed by atoms with E-state index in [2.05, 4.69) is 5.32 Å². The molecule has 0 aliphatic heterocycles. The summed E-state index contributed by atoms with van der Waals surface area (Å²) in [6.07, 6.45) is 1.31. The molecule has 0 unspecified atom stereocenters. The van der Waals surface area contributed by atoms with Crippen LogP contribution in [0.1, 0.15) is 5.56 Å². The number of phenolic OH excluding ortho intramolecular Hbond substituents is 1. The summed E-state index contributed by atoms with van der Waals surface area (Å²) >= 11 is 11.4. The molecule has 4 nitrogen and oxygen atoms in total. The number of benzene rings is 2. The molecule has 116 valence electrons. The van der Waals surface area contributed by atoms with Crippen LogP contribution in [0.4, 0.5) is 10.1 Å². The highest BCUT2D eigenvalue weighted by Crippen LogP contribution is 2.25. The third kappa shape index (κ3) is 4.22. The van der Waals surface area contributed by atoms with E-state index in [1.807, 2.05) is 0 Å². The van der Waals surface area contributed by atoms with Crippen LogP contribution in [-0.4, -0.2) is 11.0 Å². The molecule has 0 saturated heterocycles. The average molecular weight is 351 g/mol. The predicted molar refractivity (Wildman–Crippen MR) is 86.7 cm³/mol. The van der Waals surface area contributed by atoms with Crippen LogP contribution >= 0.6 is 23.2 Å². The van der Waals surface area contributed by atoms with Crippen molar-refractivity contribution in [2.24, 2.45) is 0 Å². The minimum atomic E-state index is -0.681. The summed E-state index contributed by atoms with van der Waals surface area (Å²) in [5.41, 5.74) is 0.537. The Labute approximate surface area is 141 Å². The molecule has 2 aromatic carbocycles. The number of carbonyl (C=O) groups excluding carboxylic acids is 1. The summed E-state index contributed by atoms with van der Waals surface area (Å²) in [6, 6.07) is 9.70. The molecule has 2 rings (SSSR count). The smallest absolute Gasteiger partial charge is 0.266 e. The van der Waals surface area contributed by atoms with Crippen LogP contribution in [-0.2, 0) is 4.79 Å².